The van der Waals surface area contributed by atoms with Gasteiger partial charge in [0.2, 0.25) is 0 Å². The van der Waals surface area contributed by atoms with Gasteiger partial charge in [-0.1, -0.05) is 71.9 Å². The van der Waals surface area contributed by atoms with E-state index in [-0.39, 0.29) is 12.4 Å². The highest BCUT2D eigenvalue weighted by Gasteiger charge is 2.29. The van der Waals surface area contributed by atoms with E-state index in [2.05, 4.69) is 5.16 Å². The van der Waals surface area contributed by atoms with Gasteiger partial charge >= 0.3 is 5.97 Å². The maximum absolute atomic E-state index is 12.2. The molecule has 5 heteroatoms. The summed E-state index contributed by atoms with van der Waals surface area (Å²) >= 11 is 0. The largest absolute Gasteiger partial charge is 0.335 e. The molecule has 3 aromatic carbocycles. The molecule has 0 fully saturated rings. The van der Waals surface area contributed by atoms with Gasteiger partial charge < -0.3 is 4.84 Å². The molecule has 29 heavy (non-hydrogen) atoms. The lowest BCUT2D eigenvalue weighted by Gasteiger charge is -2.03. The minimum Gasteiger partial charge on any atom is -0.318 e. The number of fused-ring (bicyclic) bond motifs is 4. The van der Waals surface area contributed by atoms with Gasteiger partial charge in [-0.15, -0.1) is 0 Å². The Morgan fingerprint density at radius 1 is 0.759 bits per heavy atom. The van der Waals surface area contributed by atoms with Crippen LogP contribution < -0.4 is 0 Å². The molecule has 0 spiro atoms. The van der Waals surface area contributed by atoms with Crippen molar-refractivity contribution in [1.82, 2.24) is 9.97 Å². The first kappa shape index (κ1) is 17.3. The highest BCUT2D eigenvalue weighted by Crippen LogP contribution is 2.35. The average molecular weight is 379 g/mol. The summed E-state index contributed by atoms with van der Waals surface area (Å²) in [4.78, 5) is 27.0. The van der Waals surface area contributed by atoms with Crippen LogP contribution in [0.2, 0.25) is 0 Å². The van der Waals surface area contributed by atoms with Gasteiger partial charge in [0.05, 0.1) is 23.1 Å². The first-order valence-corrected chi connectivity index (χ1v) is 9.48. The van der Waals surface area contributed by atoms with Crippen molar-refractivity contribution < 1.29 is 9.63 Å². The number of hydrogen-bond acceptors (Lipinski definition) is 5. The molecule has 5 nitrogen and oxygen atoms in total. The Morgan fingerprint density at radius 2 is 1.38 bits per heavy atom. The Kier molecular flexibility index (Phi) is 4.33. The van der Waals surface area contributed by atoms with Crippen molar-refractivity contribution in [1.29, 1.82) is 0 Å². The van der Waals surface area contributed by atoms with Crippen LogP contribution in [-0.2, 0) is 16.1 Å². The van der Waals surface area contributed by atoms with Crippen molar-refractivity contribution >= 4 is 22.7 Å². The molecular weight excluding hydrogens is 362 g/mol. The summed E-state index contributed by atoms with van der Waals surface area (Å²) in [6, 6.07) is 25.4. The molecule has 0 amide bonds. The zero-order chi connectivity index (χ0) is 19.6. The van der Waals surface area contributed by atoms with Crippen LogP contribution in [0.5, 0.6) is 0 Å². The van der Waals surface area contributed by atoms with Crippen LogP contribution in [0.15, 0.2) is 84.0 Å². The molecule has 1 heterocycles. The van der Waals surface area contributed by atoms with E-state index in [1.807, 2.05) is 78.9 Å². The number of benzene rings is 3. The molecule has 0 radical (unpaired) electrons. The molecule has 4 aromatic rings. The average Bonchev–Trinajstić information content (AvgIpc) is 3.08. The Labute approximate surface area is 167 Å². The van der Waals surface area contributed by atoms with Gasteiger partial charge in [0.1, 0.15) is 11.4 Å². The Balaban J connectivity index is 1.45. The zero-order valence-corrected chi connectivity index (χ0v) is 15.6. The molecule has 140 valence electrons. The quantitative estimate of drug-likeness (QED) is 0.340. The molecule has 0 aliphatic heterocycles. The summed E-state index contributed by atoms with van der Waals surface area (Å²) in [5.74, 6) is -0.374. The van der Waals surface area contributed by atoms with Crippen molar-refractivity contribution in [3.8, 4) is 11.3 Å². The number of nitrogens with zero attached hydrogens (tertiary/aromatic N) is 3. The lowest BCUT2D eigenvalue weighted by Crippen LogP contribution is -2.07. The monoisotopic (exact) mass is 379 g/mol. The molecule has 0 N–H and O–H groups in total. The third-order valence-corrected chi connectivity index (χ3v) is 4.93. The lowest BCUT2D eigenvalue weighted by atomic mass is 10.1. The van der Waals surface area contributed by atoms with Crippen LogP contribution >= 0.6 is 0 Å². The number of oxime groups is 1. The molecule has 0 saturated heterocycles. The van der Waals surface area contributed by atoms with E-state index < -0.39 is 0 Å². The normalized spacial score (nSPS) is 13.3. The summed E-state index contributed by atoms with van der Waals surface area (Å²) < 4.78 is 0. The van der Waals surface area contributed by atoms with Crippen molar-refractivity contribution in [2.24, 2.45) is 5.16 Å². The van der Waals surface area contributed by atoms with E-state index >= 15 is 0 Å². The first-order valence-electron chi connectivity index (χ1n) is 9.48. The second kappa shape index (κ2) is 7.28. The van der Waals surface area contributed by atoms with Crippen LogP contribution in [-0.4, -0.2) is 21.6 Å². The minimum atomic E-state index is -0.374. The standard InChI is InChI=1S/C24H17N3O2/c28-21(15-14-16-8-2-1-3-9-16)29-27-23-18-11-5-4-10-17(18)22-24(23)26-20-13-7-6-12-19(20)25-22/h1-13H,14-15H2/b27-23-. The third kappa shape index (κ3) is 3.27. The van der Waals surface area contributed by atoms with Crippen molar-refractivity contribution in [2.75, 3.05) is 0 Å². The predicted octanol–water partition coefficient (Wildman–Crippen LogP) is 4.54. The molecule has 0 bridgehead atoms. The summed E-state index contributed by atoms with van der Waals surface area (Å²) in [6.45, 7) is 0. The molecule has 0 saturated carbocycles. The summed E-state index contributed by atoms with van der Waals surface area (Å²) in [6.07, 6.45) is 0.876. The molecule has 5 rings (SSSR count). The molecule has 0 atom stereocenters. The summed E-state index contributed by atoms with van der Waals surface area (Å²) in [5, 5.41) is 4.19. The second-order valence-electron chi connectivity index (χ2n) is 6.84. The van der Waals surface area contributed by atoms with Gasteiger partial charge in [-0.25, -0.2) is 14.8 Å². The molecule has 1 aliphatic carbocycles. The minimum absolute atomic E-state index is 0.263. The number of rotatable bonds is 4. The molecule has 0 unspecified atom stereocenters. The van der Waals surface area contributed by atoms with E-state index in [0.717, 1.165) is 33.4 Å². The maximum atomic E-state index is 12.2. The smallest absolute Gasteiger partial charge is 0.318 e. The van der Waals surface area contributed by atoms with Crippen LogP contribution in [0.25, 0.3) is 22.3 Å². The van der Waals surface area contributed by atoms with Crippen LogP contribution in [0.3, 0.4) is 0 Å². The SMILES string of the molecule is O=C(CCc1ccccc1)O/N=C1/c2ccccc2-c2nc3ccccc3nc21. The van der Waals surface area contributed by atoms with Crippen molar-refractivity contribution in [2.45, 2.75) is 12.8 Å². The maximum Gasteiger partial charge on any atom is 0.335 e. The highest BCUT2D eigenvalue weighted by atomic mass is 16.7. The van der Waals surface area contributed by atoms with E-state index in [0.29, 0.717) is 17.8 Å². The number of carbonyl (C=O) groups excluding carboxylic acids is 1. The number of aryl methyl sites for hydroxylation is 1. The fourth-order valence-electron chi connectivity index (χ4n) is 3.50. The fourth-order valence-corrected chi connectivity index (χ4v) is 3.50. The second-order valence-corrected chi connectivity index (χ2v) is 6.84. The van der Waals surface area contributed by atoms with Gasteiger partial charge in [0.25, 0.3) is 0 Å². The van der Waals surface area contributed by atoms with Crippen molar-refractivity contribution in [3.63, 3.8) is 0 Å². The number of aromatic nitrogens is 2. The van der Waals surface area contributed by atoms with Gasteiger partial charge in [-0.3, -0.25) is 0 Å². The lowest BCUT2D eigenvalue weighted by molar-refractivity contribution is -0.143. The van der Waals surface area contributed by atoms with E-state index in [1.165, 1.54) is 0 Å². The van der Waals surface area contributed by atoms with E-state index in [9.17, 15) is 4.79 Å². The van der Waals surface area contributed by atoms with Crippen LogP contribution in [0.1, 0.15) is 23.2 Å². The van der Waals surface area contributed by atoms with Crippen molar-refractivity contribution in [3.05, 3.63) is 95.7 Å². The Bertz CT molecular complexity index is 1250. The zero-order valence-electron chi connectivity index (χ0n) is 15.6. The van der Waals surface area contributed by atoms with Crippen LogP contribution in [0, 0.1) is 0 Å². The van der Waals surface area contributed by atoms with Crippen LogP contribution in [0.4, 0.5) is 0 Å². The Hall–Kier alpha value is -3.86. The topological polar surface area (TPSA) is 64.4 Å². The van der Waals surface area contributed by atoms with Gasteiger partial charge in [0, 0.05) is 11.1 Å². The fraction of sp³-hybridized carbons (Fsp3) is 0.0833. The van der Waals surface area contributed by atoms with E-state index in [1.54, 1.807) is 0 Å². The van der Waals surface area contributed by atoms with E-state index in [4.69, 9.17) is 14.8 Å². The van der Waals surface area contributed by atoms with Gasteiger partial charge in [-0.2, -0.15) is 0 Å². The van der Waals surface area contributed by atoms with Gasteiger partial charge in [0.15, 0.2) is 0 Å². The summed E-state index contributed by atoms with van der Waals surface area (Å²) in [7, 11) is 0. The number of para-hydroxylation sites is 2. The highest BCUT2D eigenvalue weighted by molar-refractivity contribution is 6.23. The molecular formula is C24H17N3O2. The number of carbonyl (C=O) groups is 1. The Morgan fingerprint density at radius 3 is 2.14 bits per heavy atom. The number of hydrogen-bond donors (Lipinski definition) is 0. The van der Waals surface area contributed by atoms with Gasteiger partial charge in [-0.05, 0) is 24.1 Å². The molecule has 1 aromatic heterocycles. The third-order valence-electron chi connectivity index (χ3n) is 4.93. The first-order chi connectivity index (χ1) is 14.3. The predicted molar refractivity (Wildman–Crippen MR) is 111 cm³/mol. The molecule has 1 aliphatic rings. The summed E-state index contributed by atoms with van der Waals surface area (Å²) in [5.41, 5.74) is 6.45.